The summed E-state index contributed by atoms with van der Waals surface area (Å²) >= 11 is 0. The van der Waals surface area contributed by atoms with Crippen molar-refractivity contribution in [2.24, 2.45) is 5.92 Å². The van der Waals surface area contributed by atoms with Gasteiger partial charge in [-0.25, -0.2) is 9.59 Å². The van der Waals surface area contributed by atoms with Crippen LogP contribution >= 0.6 is 0 Å². The van der Waals surface area contributed by atoms with Crippen molar-refractivity contribution in [2.45, 2.75) is 44.4 Å². The third kappa shape index (κ3) is 4.71. The first-order valence-corrected chi connectivity index (χ1v) is 11.1. The van der Waals surface area contributed by atoms with Crippen LogP contribution in [0.25, 0.3) is 11.1 Å². The van der Waals surface area contributed by atoms with Gasteiger partial charge in [-0.15, -0.1) is 0 Å². The fourth-order valence-corrected chi connectivity index (χ4v) is 4.56. The van der Waals surface area contributed by atoms with Crippen LogP contribution in [0.3, 0.4) is 0 Å². The van der Waals surface area contributed by atoms with E-state index in [1.54, 1.807) is 13.8 Å². The van der Waals surface area contributed by atoms with Gasteiger partial charge in [0.2, 0.25) is 5.91 Å². The highest BCUT2D eigenvalue weighted by Gasteiger charge is 2.37. The smallest absolute Gasteiger partial charge is 0.407 e. The third-order valence-corrected chi connectivity index (χ3v) is 6.23. The maximum absolute atomic E-state index is 12.8. The molecule has 2 aliphatic rings. The van der Waals surface area contributed by atoms with Crippen molar-refractivity contribution in [1.82, 2.24) is 10.6 Å². The zero-order valence-electron chi connectivity index (χ0n) is 18.6. The lowest BCUT2D eigenvalue weighted by Gasteiger charge is -2.25. The maximum Gasteiger partial charge on any atom is 0.407 e. The summed E-state index contributed by atoms with van der Waals surface area (Å²) < 4.78 is 10.7. The van der Waals surface area contributed by atoms with Crippen LogP contribution in [0, 0.1) is 5.92 Å². The molecule has 0 bridgehead atoms. The van der Waals surface area contributed by atoms with Crippen LogP contribution in [-0.4, -0.2) is 54.5 Å². The van der Waals surface area contributed by atoms with Crippen LogP contribution < -0.4 is 10.6 Å². The van der Waals surface area contributed by atoms with Crippen molar-refractivity contribution in [2.75, 3.05) is 13.2 Å². The number of ether oxygens (including phenoxy) is 2. The number of hydrogen-bond acceptors (Lipinski definition) is 5. The van der Waals surface area contributed by atoms with Crippen LogP contribution in [-0.2, 0) is 19.1 Å². The number of hydrogen-bond donors (Lipinski definition) is 3. The molecule has 2 aromatic carbocycles. The Morgan fingerprint density at radius 3 is 2.24 bits per heavy atom. The topological polar surface area (TPSA) is 114 Å². The first-order valence-electron chi connectivity index (χ1n) is 11.1. The van der Waals surface area contributed by atoms with Crippen LogP contribution in [0.1, 0.15) is 37.3 Å². The predicted octanol–water partition coefficient (Wildman–Crippen LogP) is 2.91. The van der Waals surface area contributed by atoms with Crippen LogP contribution in [0.15, 0.2) is 48.5 Å². The fourth-order valence-electron chi connectivity index (χ4n) is 4.56. The number of nitrogens with one attached hydrogen (secondary N) is 2. The monoisotopic (exact) mass is 452 g/mol. The molecule has 2 amide bonds. The lowest BCUT2D eigenvalue weighted by molar-refractivity contribution is -0.148. The molecule has 1 saturated heterocycles. The molecule has 0 radical (unpaired) electrons. The molecule has 1 unspecified atom stereocenters. The summed E-state index contributed by atoms with van der Waals surface area (Å²) in [6.07, 6.45) is -1.38. The summed E-state index contributed by atoms with van der Waals surface area (Å²) in [4.78, 5) is 36.7. The van der Waals surface area contributed by atoms with E-state index in [4.69, 9.17) is 9.47 Å². The lowest BCUT2D eigenvalue weighted by atomic mass is 9.98. The summed E-state index contributed by atoms with van der Waals surface area (Å²) in [7, 11) is 0. The minimum Gasteiger partial charge on any atom is -0.479 e. The van der Waals surface area contributed by atoms with Gasteiger partial charge in [-0.2, -0.15) is 0 Å². The van der Waals surface area contributed by atoms with Gasteiger partial charge in [-0.1, -0.05) is 62.4 Å². The largest absolute Gasteiger partial charge is 0.479 e. The second-order valence-electron chi connectivity index (χ2n) is 8.72. The normalized spacial score (nSPS) is 20.1. The quantitative estimate of drug-likeness (QED) is 0.595. The van der Waals surface area contributed by atoms with Crippen LogP contribution in [0.4, 0.5) is 4.79 Å². The lowest BCUT2D eigenvalue weighted by Crippen LogP contribution is -2.54. The molecular weight excluding hydrogens is 424 g/mol. The van der Waals surface area contributed by atoms with Crippen molar-refractivity contribution in [1.29, 1.82) is 0 Å². The van der Waals surface area contributed by atoms with Gasteiger partial charge in [0.05, 0.1) is 6.04 Å². The Hall–Kier alpha value is -3.39. The molecule has 33 heavy (non-hydrogen) atoms. The molecule has 1 aliphatic heterocycles. The van der Waals surface area contributed by atoms with E-state index in [0.29, 0.717) is 6.42 Å². The molecule has 3 N–H and O–H groups in total. The number of carbonyl (C=O) groups excluding carboxylic acids is 2. The molecular formula is C25H28N2O6. The number of carbonyl (C=O) groups is 3. The van der Waals surface area contributed by atoms with Gasteiger partial charge in [0.1, 0.15) is 12.6 Å². The van der Waals surface area contributed by atoms with Crippen molar-refractivity contribution in [3.63, 3.8) is 0 Å². The molecule has 0 aromatic heterocycles. The molecule has 8 heteroatoms. The molecule has 3 atom stereocenters. The van der Waals surface area contributed by atoms with Gasteiger partial charge in [0.25, 0.3) is 0 Å². The standard InChI is InChI=1S/C25H28N2O6/c1-14(2)21(23(28)26-20-11-12-32-22(20)24(29)30)27-25(31)33-13-19-17-9-5-3-7-15(17)16-8-4-6-10-18(16)19/h3-10,14,19-22H,11-13H2,1-2H3,(H,26,28)(H,27,31)(H,29,30)/t20-,21?,22+/m1/s1. The number of carboxylic acid groups (broad SMARTS) is 1. The predicted molar refractivity (Wildman–Crippen MR) is 121 cm³/mol. The highest BCUT2D eigenvalue weighted by Crippen LogP contribution is 2.44. The van der Waals surface area contributed by atoms with Gasteiger partial charge < -0.3 is 25.2 Å². The van der Waals surface area contributed by atoms with E-state index in [1.807, 2.05) is 36.4 Å². The van der Waals surface area contributed by atoms with Gasteiger partial charge in [0.15, 0.2) is 6.10 Å². The Kier molecular flexibility index (Phi) is 6.65. The Balaban J connectivity index is 1.39. The van der Waals surface area contributed by atoms with E-state index in [-0.39, 0.29) is 25.0 Å². The van der Waals surface area contributed by atoms with Crippen LogP contribution in [0.2, 0.25) is 0 Å². The number of benzene rings is 2. The average molecular weight is 453 g/mol. The molecule has 1 fully saturated rings. The van der Waals surface area contributed by atoms with E-state index in [1.165, 1.54) is 0 Å². The number of aliphatic carboxylic acids is 1. The highest BCUT2D eigenvalue weighted by molar-refractivity contribution is 5.87. The first-order chi connectivity index (χ1) is 15.9. The Bertz CT molecular complexity index is 1010. The van der Waals surface area contributed by atoms with Crippen molar-refractivity contribution >= 4 is 18.0 Å². The fraction of sp³-hybridized carbons (Fsp3) is 0.400. The summed E-state index contributed by atoms with van der Waals surface area (Å²) in [5.41, 5.74) is 4.47. The molecule has 0 spiro atoms. The van der Waals surface area contributed by atoms with Crippen LogP contribution in [0.5, 0.6) is 0 Å². The summed E-state index contributed by atoms with van der Waals surface area (Å²) in [5, 5.41) is 14.6. The summed E-state index contributed by atoms with van der Waals surface area (Å²) in [6.45, 7) is 4.00. The van der Waals surface area contributed by atoms with E-state index >= 15 is 0 Å². The molecule has 4 rings (SSSR count). The molecule has 2 aromatic rings. The Morgan fingerprint density at radius 2 is 1.67 bits per heavy atom. The van der Waals surface area contributed by atoms with E-state index < -0.39 is 36.2 Å². The second kappa shape index (κ2) is 9.62. The van der Waals surface area contributed by atoms with E-state index in [0.717, 1.165) is 22.3 Å². The minimum absolute atomic E-state index is 0.0820. The Morgan fingerprint density at radius 1 is 1.06 bits per heavy atom. The number of rotatable bonds is 7. The number of amides is 2. The zero-order chi connectivity index (χ0) is 23.5. The zero-order valence-corrected chi connectivity index (χ0v) is 18.6. The molecule has 0 saturated carbocycles. The average Bonchev–Trinajstić information content (AvgIpc) is 3.38. The maximum atomic E-state index is 12.8. The summed E-state index contributed by atoms with van der Waals surface area (Å²) in [5.74, 6) is -1.89. The van der Waals surface area contributed by atoms with Crippen molar-refractivity contribution in [3.05, 3.63) is 59.7 Å². The number of alkyl carbamates (subject to hydrolysis) is 1. The molecule has 8 nitrogen and oxygen atoms in total. The summed E-state index contributed by atoms with van der Waals surface area (Å²) in [6, 6.07) is 14.6. The van der Waals surface area contributed by atoms with Gasteiger partial charge >= 0.3 is 12.1 Å². The number of carboxylic acids is 1. The second-order valence-corrected chi connectivity index (χ2v) is 8.72. The third-order valence-electron chi connectivity index (χ3n) is 6.23. The minimum atomic E-state index is -1.12. The van der Waals surface area contributed by atoms with Crippen molar-refractivity contribution < 1.29 is 29.0 Å². The highest BCUT2D eigenvalue weighted by atomic mass is 16.5. The van der Waals surface area contributed by atoms with Gasteiger partial charge in [-0.3, -0.25) is 4.79 Å². The number of fused-ring (bicyclic) bond motifs is 3. The van der Waals surface area contributed by atoms with Gasteiger partial charge in [0, 0.05) is 12.5 Å². The molecule has 1 heterocycles. The Labute approximate surface area is 192 Å². The van der Waals surface area contributed by atoms with E-state index in [9.17, 15) is 19.5 Å². The van der Waals surface area contributed by atoms with Gasteiger partial charge in [-0.05, 0) is 34.6 Å². The van der Waals surface area contributed by atoms with E-state index in [2.05, 4.69) is 22.8 Å². The first kappa shape index (κ1) is 22.8. The molecule has 174 valence electrons. The SMILES string of the molecule is CC(C)C(NC(=O)OCC1c2ccccc2-c2ccccc21)C(=O)N[C@@H]1CCO[C@@H]1C(=O)O. The van der Waals surface area contributed by atoms with Crippen molar-refractivity contribution in [3.8, 4) is 11.1 Å². The molecule has 1 aliphatic carbocycles.